The Morgan fingerprint density at radius 2 is 1.87 bits per heavy atom. The number of nitrogens with zero attached hydrogens (tertiary/aromatic N) is 4. The number of amides is 2. The molecule has 158 valence electrons. The maximum Gasteiger partial charge on any atom is 0.289 e. The van der Waals surface area contributed by atoms with E-state index in [1.165, 1.54) is 25.3 Å². The van der Waals surface area contributed by atoms with Gasteiger partial charge in [0.2, 0.25) is 5.91 Å². The number of carbonyl (C=O) groups is 2. The SMILES string of the molecule is CC(=O)Nc1ccc(-n2c(C)cc(/C=N/NC(=O)c3ccc([N+](=O)[O-])cn3)c2C)cc1. The molecule has 2 N–H and O–H groups in total. The molecule has 3 aromatic rings. The van der Waals surface area contributed by atoms with Gasteiger partial charge in [-0.2, -0.15) is 5.10 Å². The van der Waals surface area contributed by atoms with Gasteiger partial charge in [0.25, 0.3) is 11.6 Å². The van der Waals surface area contributed by atoms with Crippen molar-refractivity contribution in [3.05, 3.63) is 81.4 Å². The third-order valence-corrected chi connectivity index (χ3v) is 4.48. The zero-order valence-corrected chi connectivity index (χ0v) is 17.1. The predicted octanol–water partition coefficient (Wildman–Crippen LogP) is 3.12. The smallest absolute Gasteiger partial charge is 0.289 e. The lowest BCUT2D eigenvalue weighted by atomic mass is 10.2. The van der Waals surface area contributed by atoms with Crippen molar-refractivity contribution in [3.8, 4) is 5.69 Å². The molecule has 0 aliphatic rings. The largest absolute Gasteiger partial charge is 0.326 e. The molecule has 0 bridgehead atoms. The lowest BCUT2D eigenvalue weighted by molar-refractivity contribution is -0.385. The maximum absolute atomic E-state index is 12.1. The first-order chi connectivity index (χ1) is 14.8. The summed E-state index contributed by atoms with van der Waals surface area (Å²) in [7, 11) is 0. The minimum Gasteiger partial charge on any atom is -0.326 e. The van der Waals surface area contributed by atoms with Crippen LogP contribution in [-0.4, -0.2) is 32.5 Å². The molecule has 10 nitrogen and oxygen atoms in total. The number of carbonyl (C=O) groups excluding carboxylic acids is 2. The number of nitrogens with one attached hydrogen (secondary N) is 2. The number of aromatic nitrogens is 2. The summed E-state index contributed by atoms with van der Waals surface area (Å²) in [5, 5.41) is 17.4. The maximum atomic E-state index is 12.1. The molecule has 0 atom stereocenters. The second-order valence-corrected chi connectivity index (χ2v) is 6.75. The van der Waals surface area contributed by atoms with Crippen LogP contribution >= 0.6 is 0 Å². The summed E-state index contributed by atoms with van der Waals surface area (Å²) < 4.78 is 2.03. The minimum absolute atomic E-state index is 0.0208. The fourth-order valence-electron chi connectivity index (χ4n) is 3.06. The summed E-state index contributed by atoms with van der Waals surface area (Å²) in [5.41, 5.74) is 6.51. The van der Waals surface area contributed by atoms with Gasteiger partial charge in [0.05, 0.1) is 11.1 Å². The highest BCUT2D eigenvalue weighted by Gasteiger charge is 2.12. The Bertz CT molecular complexity index is 1160. The highest BCUT2D eigenvalue weighted by molar-refractivity contribution is 5.93. The van der Waals surface area contributed by atoms with Crippen molar-refractivity contribution in [2.24, 2.45) is 5.10 Å². The van der Waals surface area contributed by atoms with E-state index in [2.05, 4.69) is 20.8 Å². The van der Waals surface area contributed by atoms with Crippen molar-refractivity contribution in [2.45, 2.75) is 20.8 Å². The van der Waals surface area contributed by atoms with Gasteiger partial charge in [0.15, 0.2) is 0 Å². The topological polar surface area (TPSA) is 132 Å². The van der Waals surface area contributed by atoms with Gasteiger partial charge in [-0.15, -0.1) is 0 Å². The van der Waals surface area contributed by atoms with E-state index in [-0.39, 0.29) is 17.3 Å². The van der Waals surface area contributed by atoms with E-state index in [9.17, 15) is 19.7 Å². The third kappa shape index (κ3) is 4.99. The molecule has 31 heavy (non-hydrogen) atoms. The number of nitro groups is 1. The second kappa shape index (κ2) is 8.99. The van der Waals surface area contributed by atoms with Crippen LogP contribution in [-0.2, 0) is 4.79 Å². The van der Waals surface area contributed by atoms with Crippen LogP contribution in [0.3, 0.4) is 0 Å². The molecule has 0 radical (unpaired) electrons. The molecule has 2 amide bonds. The van der Waals surface area contributed by atoms with Crippen LogP contribution in [0.5, 0.6) is 0 Å². The highest BCUT2D eigenvalue weighted by Crippen LogP contribution is 2.21. The van der Waals surface area contributed by atoms with Gasteiger partial charge < -0.3 is 9.88 Å². The molecule has 0 saturated carbocycles. The van der Waals surface area contributed by atoms with Gasteiger partial charge in [-0.1, -0.05) is 0 Å². The predicted molar refractivity (Wildman–Crippen MR) is 115 cm³/mol. The van der Waals surface area contributed by atoms with Crippen molar-refractivity contribution in [3.63, 3.8) is 0 Å². The Hall–Kier alpha value is -4.34. The van der Waals surface area contributed by atoms with Crippen LogP contribution in [0.1, 0.15) is 34.4 Å². The molecule has 1 aromatic carbocycles. The Morgan fingerprint density at radius 1 is 1.16 bits per heavy atom. The first-order valence-electron chi connectivity index (χ1n) is 9.27. The quantitative estimate of drug-likeness (QED) is 0.359. The first-order valence-corrected chi connectivity index (χ1v) is 9.27. The third-order valence-electron chi connectivity index (χ3n) is 4.48. The monoisotopic (exact) mass is 420 g/mol. The molecular formula is C21H20N6O4. The average Bonchev–Trinajstić information content (AvgIpc) is 3.01. The summed E-state index contributed by atoms with van der Waals surface area (Å²) in [6.07, 6.45) is 2.54. The number of hydrazone groups is 1. The molecule has 0 spiro atoms. The Kier molecular flexibility index (Phi) is 6.20. The molecule has 0 aliphatic heterocycles. The van der Waals surface area contributed by atoms with Gasteiger partial charge in [-0.05, 0) is 50.2 Å². The fraction of sp³-hybridized carbons (Fsp3) is 0.143. The molecule has 0 unspecified atom stereocenters. The molecule has 0 saturated heterocycles. The summed E-state index contributed by atoms with van der Waals surface area (Å²) in [6, 6.07) is 11.8. The molecule has 3 rings (SSSR count). The molecule has 0 aliphatic carbocycles. The lowest BCUT2D eigenvalue weighted by Crippen LogP contribution is -2.19. The number of aryl methyl sites for hydroxylation is 1. The van der Waals surface area contributed by atoms with Crippen molar-refractivity contribution >= 4 is 29.4 Å². The molecule has 2 heterocycles. The van der Waals surface area contributed by atoms with E-state index in [1.54, 1.807) is 0 Å². The van der Waals surface area contributed by atoms with Crippen molar-refractivity contribution in [2.75, 3.05) is 5.32 Å². The molecular weight excluding hydrogens is 400 g/mol. The second-order valence-electron chi connectivity index (χ2n) is 6.75. The first kappa shape index (κ1) is 21.4. The fourth-order valence-corrected chi connectivity index (χ4v) is 3.06. The van der Waals surface area contributed by atoms with Gasteiger partial charge in [-0.25, -0.2) is 10.4 Å². The Balaban J connectivity index is 1.72. The Labute approximate surface area is 177 Å². The van der Waals surface area contributed by atoms with E-state index in [1.807, 2.05) is 48.7 Å². The molecule has 2 aromatic heterocycles. The number of rotatable bonds is 6. The van der Waals surface area contributed by atoms with Crippen LogP contribution < -0.4 is 10.7 Å². The number of benzene rings is 1. The average molecular weight is 420 g/mol. The van der Waals surface area contributed by atoms with Crippen LogP contribution in [0.4, 0.5) is 11.4 Å². The van der Waals surface area contributed by atoms with Crippen molar-refractivity contribution in [1.82, 2.24) is 15.0 Å². The number of anilines is 1. The van der Waals surface area contributed by atoms with Crippen LogP contribution in [0.2, 0.25) is 0 Å². The standard InChI is InChI=1S/C21H20N6O4/c1-13-10-16(11-23-25-21(29)20-9-8-19(12-22-20)27(30)31)14(2)26(13)18-6-4-17(5-7-18)24-15(3)28/h4-12H,1-3H3,(H,24,28)(H,25,29)/b23-11+. The van der Waals surface area contributed by atoms with Gasteiger partial charge in [0.1, 0.15) is 11.9 Å². The van der Waals surface area contributed by atoms with E-state index in [0.29, 0.717) is 5.69 Å². The van der Waals surface area contributed by atoms with Gasteiger partial charge in [-0.3, -0.25) is 19.7 Å². The summed E-state index contributed by atoms with van der Waals surface area (Å²) in [6.45, 7) is 5.33. The van der Waals surface area contributed by atoms with Crippen LogP contribution in [0.25, 0.3) is 5.69 Å². The molecule has 0 fully saturated rings. The van der Waals surface area contributed by atoms with E-state index in [0.717, 1.165) is 28.8 Å². The molecule has 10 heteroatoms. The summed E-state index contributed by atoms with van der Waals surface area (Å²) in [5.74, 6) is -0.709. The summed E-state index contributed by atoms with van der Waals surface area (Å²) >= 11 is 0. The Morgan fingerprint density at radius 3 is 2.45 bits per heavy atom. The number of hydrogen-bond acceptors (Lipinski definition) is 6. The van der Waals surface area contributed by atoms with Gasteiger partial charge in [0, 0.05) is 41.3 Å². The van der Waals surface area contributed by atoms with E-state index in [4.69, 9.17) is 0 Å². The normalized spacial score (nSPS) is 10.8. The zero-order valence-electron chi connectivity index (χ0n) is 17.1. The van der Waals surface area contributed by atoms with Crippen molar-refractivity contribution < 1.29 is 14.5 Å². The van der Waals surface area contributed by atoms with Crippen LogP contribution in [0, 0.1) is 24.0 Å². The number of pyridine rings is 1. The van der Waals surface area contributed by atoms with Crippen molar-refractivity contribution in [1.29, 1.82) is 0 Å². The van der Waals surface area contributed by atoms with E-state index >= 15 is 0 Å². The van der Waals surface area contributed by atoms with Crippen LogP contribution in [0.15, 0.2) is 53.8 Å². The highest BCUT2D eigenvalue weighted by atomic mass is 16.6. The minimum atomic E-state index is -0.587. The number of hydrogen-bond donors (Lipinski definition) is 2. The van der Waals surface area contributed by atoms with Gasteiger partial charge >= 0.3 is 0 Å². The zero-order chi connectivity index (χ0) is 22.5. The lowest BCUT2D eigenvalue weighted by Gasteiger charge is -2.10. The summed E-state index contributed by atoms with van der Waals surface area (Å²) in [4.78, 5) is 37.1. The van der Waals surface area contributed by atoms with E-state index < -0.39 is 10.8 Å².